The molecule has 3 nitrogen and oxygen atoms in total. The van der Waals surface area contributed by atoms with Crippen LogP contribution in [0.1, 0.15) is 34.8 Å². The Morgan fingerprint density at radius 1 is 1.24 bits per heavy atom. The van der Waals surface area contributed by atoms with Gasteiger partial charge in [0.05, 0.1) is 10.7 Å². The number of aromatic nitrogens is 1. The minimum absolute atomic E-state index is 0.0190. The standard InChI is InChI=1S/C16H17ClN2OS/c17-11-5-7-12(8-6-11)18-15(20)9-10-16-19-13-3-1-2-4-14(13)21-16/h5-8H,1-4,9-10H2,(H,18,20). The molecule has 0 spiro atoms. The molecule has 0 saturated carbocycles. The second-order valence-corrected chi connectivity index (χ2v) is 6.84. The van der Waals surface area contributed by atoms with E-state index >= 15 is 0 Å². The average Bonchev–Trinajstić information content (AvgIpc) is 2.90. The average molecular weight is 321 g/mol. The van der Waals surface area contributed by atoms with Crippen LogP contribution in [0.2, 0.25) is 5.02 Å². The molecule has 1 aromatic carbocycles. The highest BCUT2D eigenvalue weighted by Gasteiger charge is 2.15. The lowest BCUT2D eigenvalue weighted by atomic mass is 10.0. The van der Waals surface area contributed by atoms with Crippen molar-refractivity contribution in [2.45, 2.75) is 38.5 Å². The van der Waals surface area contributed by atoms with Crippen LogP contribution in [0, 0.1) is 0 Å². The third-order valence-electron chi connectivity index (χ3n) is 3.58. The van der Waals surface area contributed by atoms with Gasteiger partial charge >= 0.3 is 0 Å². The first-order valence-electron chi connectivity index (χ1n) is 7.23. The number of benzene rings is 1. The van der Waals surface area contributed by atoms with Crippen LogP contribution >= 0.6 is 22.9 Å². The molecule has 0 radical (unpaired) electrons. The molecule has 0 aliphatic heterocycles. The Balaban J connectivity index is 1.53. The zero-order valence-electron chi connectivity index (χ0n) is 11.7. The number of halogens is 1. The maximum absolute atomic E-state index is 11.9. The number of hydrogen-bond donors (Lipinski definition) is 1. The Kier molecular flexibility index (Phi) is 4.56. The van der Waals surface area contributed by atoms with Crippen molar-refractivity contribution in [3.8, 4) is 0 Å². The lowest BCUT2D eigenvalue weighted by Crippen LogP contribution is -2.12. The summed E-state index contributed by atoms with van der Waals surface area (Å²) < 4.78 is 0. The van der Waals surface area contributed by atoms with Gasteiger partial charge in [0.25, 0.3) is 0 Å². The zero-order chi connectivity index (χ0) is 14.7. The molecule has 0 atom stereocenters. The number of nitrogens with one attached hydrogen (secondary N) is 1. The molecule has 0 fully saturated rings. The molecule has 0 saturated heterocycles. The van der Waals surface area contributed by atoms with Gasteiger partial charge in [0.2, 0.25) is 5.91 Å². The molecule has 3 rings (SSSR count). The number of carbonyl (C=O) groups excluding carboxylic acids is 1. The van der Waals surface area contributed by atoms with Gasteiger partial charge < -0.3 is 5.32 Å². The van der Waals surface area contributed by atoms with Crippen molar-refractivity contribution in [1.82, 2.24) is 4.98 Å². The van der Waals surface area contributed by atoms with Crippen molar-refractivity contribution in [2.24, 2.45) is 0 Å². The smallest absolute Gasteiger partial charge is 0.224 e. The number of nitrogens with zero attached hydrogens (tertiary/aromatic N) is 1. The van der Waals surface area contributed by atoms with Gasteiger partial charge in [-0.2, -0.15) is 0 Å². The molecule has 110 valence electrons. The van der Waals surface area contributed by atoms with Crippen LogP contribution in [0.5, 0.6) is 0 Å². The van der Waals surface area contributed by atoms with E-state index in [1.807, 2.05) is 12.1 Å². The minimum atomic E-state index is 0.0190. The van der Waals surface area contributed by atoms with Crippen LogP contribution < -0.4 is 5.32 Å². The predicted octanol–water partition coefficient (Wildman–Crippen LogP) is 4.25. The van der Waals surface area contributed by atoms with Crippen molar-refractivity contribution in [1.29, 1.82) is 0 Å². The maximum atomic E-state index is 11.9. The number of aryl methyl sites for hydroxylation is 3. The summed E-state index contributed by atoms with van der Waals surface area (Å²) in [5.41, 5.74) is 2.04. The maximum Gasteiger partial charge on any atom is 0.224 e. The third-order valence-corrected chi connectivity index (χ3v) is 5.05. The minimum Gasteiger partial charge on any atom is -0.326 e. The van der Waals surface area contributed by atoms with E-state index in [2.05, 4.69) is 10.3 Å². The molecule has 1 aromatic heterocycles. The monoisotopic (exact) mass is 320 g/mol. The molecule has 0 bridgehead atoms. The van der Waals surface area contributed by atoms with Crippen molar-refractivity contribution in [2.75, 3.05) is 5.32 Å². The number of carbonyl (C=O) groups is 1. The Morgan fingerprint density at radius 3 is 2.76 bits per heavy atom. The van der Waals surface area contributed by atoms with Crippen LogP contribution in [-0.4, -0.2) is 10.9 Å². The number of rotatable bonds is 4. The number of anilines is 1. The summed E-state index contributed by atoms with van der Waals surface area (Å²) in [6, 6.07) is 7.16. The fourth-order valence-electron chi connectivity index (χ4n) is 2.49. The van der Waals surface area contributed by atoms with Gasteiger partial charge in [0.15, 0.2) is 0 Å². The largest absolute Gasteiger partial charge is 0.326 e. The lowest BCUT2D eigenvalue weighted by molar-refractivity contribution is -0.116. The number of amides is 1. The van der Waals surface area contributed by atoms with Gasteiger partial charge in [0, 0.05) is 28.4 Å². The number of thiazole rings is 1. The lowest BCUT2D eigenvalue weighted by Gasteiger charge is -2.06. The Labute approximate surface area is 133 Å². The fraction of sp³-hybridized carbons (Fsp3) is 0.375. The van der Waals surface area contributed by atoms with E-state index in [0.29, 0.717) is 11.4 Å². The second-order valence-electron chi connectivity index (χ2n) is 5.24. The summed E-state index contributed by atoms with van der Waals surface area (Å²) in [6.07, 6.45) is 5.96. The van der Waals surface area contributed by atoms with Gasteiger partial charge in [-0.05, 0) is 49.9 Å². The van der Waals surface area contributed by atoms with Gasteiger partial charge in [-0.3, -0.25) is 4.79 Å². The first-order chi connectivity index (χ1) is 10.2. The van der Waals surface area contributed by atoms with Crippen molar-refractivity contribution in [3.63, 3.8) is 0 Å². The van der Waals surface area contributed by atoms with Gasteiger partial charge in [-0.25, -0.2) is 4.98 Å². The SMILES string of the molecule is O=C(CCc1nc2c(s1)CCCC2)Nc1ccc(Cl)cc1. The summed E-state index contributed by atoms with van der Waals surface area (Å²) >= 11 is 7.60. The highest BCUT2D eigenvalue weighted by atomic mass is 35.5. The molecule has 1 amide bonds. The van der Waals surface area contributed by atoms with E-state index in [9.17, 15) is 4.79 Å². The van der Waals surface area contributed by atoms with Crippen LogP contribution in [-0.2, 0) is 24.1 Å². The van der Waals surface area contributed by atoms with Crippen molar-refractivity contribution >= 4 is 34.5 Å². The van der Waals surface area contributed by atoms with E-state index in [1.54, 1.807) is 23.5 Å². The quantitative estimate of drug-likeness (QED) is 0.915. The highest BCUT2D eigenvalue weighted by molar-refractivity contribution is 7.11. The van der Waals surface area contributed by atoms with E-state index < -0.39 is 0 Å². The van der Waals surface area contributed by atoms with Crippen LogP contribution in [0.25, 0.3) is 0 Å². The molecule has 1 heterocycles. The van der Waals surface area contributed by atoms with E-state index in [0.717, 1.165) is 30.0 Å². The molecular formula is C16H17ClN2OS. The topological polar surface area (TPSA) is 42.0 Å². The first-order valence-corrected chi connectivity index (χ1v) is 8.43. The summed E-state index contributed by atoms with van der Waals surface area (Å²) in [5, 5.41) is 4.64. The Hall–Kier alpha value is -1.39. The molecule has 2 aromatic rings. The molecule has 1 aliphatic carbocycles. The van der Waals surface area contributed by atoms with E-state index in [4.69, 9.17) is 11.6 Å². The number of hydrogen-bond acceptors (Lipinski definition) is 3. The molecule has 21 heavy (non-hydrogen) atoms. The molecule has 0 unspecified atom stereocenters. The Morgan fingerprint density at radius 2 is 2.00 bits per heavy atom. The van der Waals surface area contributed by atoms with Crippen LogP contribution in [0.4, 0.5) is 5.69 Å². The second kappa shape index (κ2) is 6.58. The highest BCUT2D eigenvalue weighted by Crippen LogP contribution is 2.27. The van der Waals surface area contributed by atoms with Gasteiger partial charge in [0.1, 0.15) is 0 Å². The Bertz CT molecular complexity index is 613. The van der Waals surface area contributed by atoms with Crippen molar-refractivity contribution in [3.05, 3.63) is 44.9 Å². The summed E-state index contributed by atoms with van der Waals surface area (Å²) in [6.45, 7) is 0. The zero-order valence-corrected chi connectivity index (χ0v) is 13.3. The molecular weight excluding hydrogens is 304 g/mol. The van der Waals surface area contributed by atoms with E-state index in [-0.39, 0.29) is 5.91 Å². The number of fused-ring (bicyclic) bond motifs is 1. The van der Waals surface area contributed by atoms with Crippen LogP contribution in [0.3, 0.4) is 0 Å². The molecule has 1 aliphatic rings. The van der Waals surface area contributed by atoms with E-state index in [1.165, 1.54) is 23.4 Å². The van der Waals surface area contributed by atoms with Gasteiger partial charge in [-0.1, -0.05) is 11.6 Å². The summed E-state index contributed by atoms with van der Waals surface area (Å²) in [5.74, 6) is 0.0190. The fourth-order valence-corrected chi connectivity index (χ4v) is 3.77. The normalized spacial score (nSPS) is 13.8. The van der Waals surface area contributed by atoms with Gasteiger partial charge in [-0.15, -0.1) is 11.3 Å². The predicted molar refractivity (Wildman–Crippen MR) is 87.2 cm³/mol. The van der Waals surface area contributed by atoms with Crippen molar-refractivity contribution < 1.29 is 4.79 Å². The summed E-state index contributed by atoms with van der Waals surface area (Å²) in [7, 11) is 0. The molecule has 5 heteroatoms. The summed E-state index contributed by atoms with van der Waals surface area (Å²) in [4.78, 5) is 18.0. The van der Waals surface area contributed by atoms with Crippen LogP contribution in [0.15, 0.2) is 24.3 Å². The third kappa shape index (κ3) is 3.83. The first kappa shape index (κ1) is 14.5. The molecule has 1 N–H and O–H groups in total.